The predicted octanol–water partition coefficient (Wildman–Crippen LogP) is 0.877. The molecule has 6 heteroatoms. The number of amides is 1. The number of carbonyl (C=O) groups is 1. The van der Waals surface area contributed by atoms with Crippen molar-refractivity contribution in [3.63, 3.8) is 0 Å². The number of carbonyl (C=O) groups excluding carboxylic acids is 1. The average molecular weight is 209 g/mol. The first-order chi connectivity index (χ1) is 6.75. The van der Waals surface area contributed by atoms with E-state index in [1.165, 1.54) is 0 Å². The summed E-state index contributed by atoms with van der Waals surface area (Å²) >= 11 is 5.90. The van der Waals surface area contributed by atoms with Crippen LogP contribution >= 0.6 is 11.6 Å². The van der Waals surface area contributed by atoms with E-state index in [-0.39, 0.29) is 5.91 Å². The van der Waals surface area contributed by atoms with Gasteiger partial charge in [-0.15, -0.1) is 0 Å². The van der Waals surface area contributed by atoms with Gasteiger partial charge in [-0.2, -0.15) is 0 Å². The number of imidazole rings is 1. The Balaban J connectivity index is 2.40. The van der Waals surface area contributed by atoms with E-state index in [1.807, 2.05) is 0 Å². The molecule has 0 fully saturated rings. The molecule has 1 N–H and O–H groups in total. The lowest BCUT2D eigenvalue weighted by atomic mass is 10.4. The van der Waals surface area contributed by atoms with Crippen LogP contribution < -0.4 is 5.32 Å². The third-order valence-corrected chi connectivity index (χ3v) is 2.44. The Bertz CT molecular complexity index is 548. The number of fused-ring (bicyclic) bond motifs is 3. The van der Waals surface area contributed by atoms with Crippen molar-refractivity contribution < 1.29 is 4.79 Å². The molecule has 0 saturated heterocycles. The van der Waals surface area contributed by atoms with Gasteiger partial charge in [-0.3, -0.25) is 9.20 Å². The molecule has 14 heavy (non-hydrogen) atoms. The van der Waals surface area contributed by atoms with Crippen LogP contribution in [0.3, 0.4) is 0 Å². The number of aromatic nitrogens is 3. The molecule has 0 aliphatic carbocycles. The molecule has 70 valence electrons. The van der Waals surface area contributed by atoms with Crippen molar-refractivity contribution >= 4 is 29.0 Å². The summed E-state index contributed by atoms with van der Waals surface area (Å²) in [7, 11) is 0. The van der Waals surface area contributed by atoms with Crippen molar-refractivity contribution in [1.29, 1.82) is 0 Å². The molecule has 1 amide bonds. The molecule has 2 aromatic heterocycles. The first-order valence-corrected chi connectivity index (χ1v) is 4.45. The summed E-state index contributed by atoms with van der Waals surface area (Å²) in [4.78, 5) is 19.2. The molecule has 3 rings (SSSR count). The highest BCUT2D eigenvalue weighted by atomic mass is 35.5. The molecule has 0 aromatic carbocycles. The first-order valence-electron chi connectivity index (χ1n) is 4.07. The molecular formula is C8H5ClN4O. The molecule has 0 unspecified atom stereocenters. The zero-order valence-electron chi connectivity index (χ0n) is 6.99. The SMILES string of the molecule is O=C1Cc2c(nc3ccnc(Cl)n23)N1. The van der Waals surface area contributed by atoms with Crippen LogP contribution in [0.4, 0.5) is 5.82 Å². The minimum Gasteiger partial charge on any atom is -0.309 e. The third-order valence-electron chi connectivity index (χ3n) is 2.17. The summed E-state index contributed by atoms with van der Waals surface area (Å²) in [5, 5.41) is 2.98. The summed E-state index contributed by atoms with van der Waals surface area (Å²) in [5.41, 5.74) is 1.48. The van der Waals surface area contributed by atoms with Crippen LogP contribution in [0.5, 0.6) is 0 Å². The number of nitrogens with one attached hydrogen (secondary N) is 1. The third kappa shape index (κ3) is 0.871. The maximum Gasteiger partial charge on any atom is 0.231 e. The van der Waals surface area contributed by atoms with Crippen molar-refractivity contribution in [1.82, 2.24) is 14.4 Å². The fourth-order valence-corrected chi connectivity index (χ4v) is 1.85. The summed E-state index contributed by atoms with van der Waals surface area (Å²) in [6.07, 6.45) is 1.89. The maximum atomic E-state index is 11.1. The molecule has 3 heterocycles. The minimum atomic E-state index is -0.0585. The molecule has 0 saturated carbocycles. The van der Waals surface area contributed by atoms with E-state index >= 15 is 0 Å². The van der Waals surface area contributed by atoms with Crippen molar-refractivity contribution in [2.75, 3.05) is 5.32 Å². The van der Waals surface area contributed by atoms with Crippen LogP contribution in [0.1, 0.15) is 5.69 Å². The van der Waals surface area contributed by atoms with E-state index in [9.17, 15) is 4.79 Å². The van der Waals surface area contributed by atoms with Crippen molar-refractivity contribution in [2.45, 2.75) is 6.42 Å². The second-order valence-corrected chi connectivity index (χ2v) is 3.38. The number of hydrogen-bond acceptors (Lipinski definition) is 3. The Morgan fingerprint density at radius 3 is 3.29 bits per heavy atom. The second-order valence-electron chi connectivity index (χ2n) is 3.04. The molecule has 0 radical (unpaired) electrons. The number of halogens is 1. The number of anilines is 1. The van der Waals surface area contributed by atoms with Gasteiger partial charge in [-0.1, -0.05) is 0 Å². The monoisotopic (exact) mass is 208 g/mol. The van der Waals surface area contributed by atoms with E-state index in [4.69, 9.17) is 11.6 Å². The van der Waals surface area contributed by atoms with E-state index in [1.54, 1.807) is 16.7 Å². The van der Waals surface area contributed by atoms with Gasteiger partial charge in [0.25, 0.3) is 0 Å². The molecular weight excluding hydrogens is 204 g/mol. The standard InChI is InChI=1S/C8H5ClN4O/c9-8-10-2-1-5-11-7-4(13(5)8)3-6(14)12-7/h1-2H,3H2,(H,12,14). The zero-order valence-corrected chi connectivity index (χ0v) is 7.75. The zero-order chi connectivity index (χ0) is 9.71. The Morgan fingerprint density at radius 2 is 2.43 bits per heavy atom. The summed E-state index contributed by atoms with van der Waals surface area (Å²) < 4.78 is 1.68. The fraction of sp³-hybridized carbons (Fsp3) is 0.125. The fourth-order valence-electron chi connectivity index (χ4n) is 1.61. The van der Waals surface area contributed by atoms with Crippen molar-refractivity contribution in [3.8, 4) is 0 Å². The highest BCUT2D eigenvalue weighted by Gasteiger charge is 2.24. The van der Waals surface area contributed by atoms with Crippen LogP contribution in [-0.4, -0.2) is 20.3 Å². The molecule has 0 spiro atoms. The van der Waals surface area contributed by atoms with Crippen LogP contribution in [0, 0.1) is 0 Å². The Morgan fingerprint density at radius 1 is 1.57 bits per heavy atom. The molecule has 5 nitrogen and oxygen atoms in total. The summed E-state index contributed by atoms with van der Waals surface area (Å²) in [5.74, 6) is 0.529. The molecule has 1 aliphatic rings. The van der Waals surface area contributed by atoms with Gasteiger partial charge in [0.2, 0.25) is 11.2 Å². The molecule has 0 bridgehead atoms. The lowest BCUT2D eigenvalue weighted by Gasteiger charge is -1.97. The smallest absolute Gasteiger partial charge is 0.231 e. The summed E-state index contributed by atoms with van der Waals surface area (Å²) in [6, 6.07) is 1.75. The van der Waals surface area contributed by atoms with Gasteiger partial charge < -0.3 is 5.32 Å². The van der Waals surface area contributed by atoms with E-state index in [0.717, 1.165) is 5.69 Å². The van der Waals surface area contributed by atoms with Crippen LogP contribution in [0.15, 0.2) is 12.3 Å². The average Bonchev–Trinajstić information content (AvgIpc) is 2.60. The van der Waals surface area contributed by atoms with Crippen LogP contribution in [-0.2, 0) is 11.2 Å². The quantitative estimate of drug-likeness (QED) is 0.654. The molecule has 2 aromatic rings. The lowest BCUT2D eigenvalue weighted by molar-refractivity contribution is -0.115. The predicted molar refractivity (Wildman–Crippen MR) is 50.3 cm³/mol. The largest absolute Gasteiger partial charge is 0.309 e. The lowest BCUT2D eigenvalue weighted by Crippen LogP contribution is -2.06. The van der Waals surface area contributed by atoms with Gasteiger partial charge in [-0.05, 0) is 17.7 Å². The van der Waals surface area contributed by atoms with Gasteiger partial charge in [0.15, 0.2) is 5.82 Å². The van der Waals surface area contributed by atoms with Gasteiger partial charge in [0.1, 0.15) is 5.65 Å². The van der Waals surface area contributed by atoms with Gasteiger partial charge in [-0.25, -0.2) is 9.97 Å². The van der Waals surface area contributed by atoms with Gasteiger partial charge >= 0.3 is 0 Å². The highest BCUT2D eigenvalue weighted by Crippen LogP contribution is 2.25. The molecule has 0 atom stereocenters. The van der Waals surface area contributed by atoms with Crippen molar-refractivity contribution in [3.05, 3.63) is 23.2 Å². The van der Waals surface area contributed by atoms with Crippen LogP contribution in [0.2, 0.25) is 5.28 Å². The first kappa shape index (κ1) is 7.75. The number of hydrogen-bond donors (Lipinski definition) is 1. The molecule has 1 aliphatic heterocycles. The van der Waals surface area contributed by atoms with Crippen LogP contribution in [0.25, 0.3) is 5.65 Å². The number of rotatable bonds is 0. The van der Waals surface area contributed by atoms with Gasteiger partial charge in [0.05, 0.1) is 12.1 Å². The maximum absolute atomic E-state index is 11.1. The minimum absolute atomic E-state index is 0.0585. The Labute approximate surface area is 83.7 Å². The van der Waals surface area contributed by atoms with Gasteiger partial charge in [0, 0.05) is 6.20 Å². The topological polar surface area (TPSA) is 59.3 Å². The Hall–Kier alpha value is -1.62. The van der Waals surface area contributed by atoms with E-state index in [2.05, 4.69) is 15.3 Å². The van der Waals surface area contributed by atoms with E-state index in [0.29, 0.717) is 23.2 Å². The normalized spacial score (nSPS) is 14.5. The second kappa shape index (κ2) is 2.45. The summed E-state index contributed by atoms with van der Waals surface area (Å²) in [6.45, 7) is 0. The Kier molecular flexibility index (Phi) is 1.36. The van der Waals surface area contributed by atoms with Crippen molar-refractivity contribution in [2.24, 2.45) is 0 Å². The highest BCUT2D eigenvalue weighted by molar-refractivity contribution is 6.28. The number of nitrogens with zero attached hydrogens (tertiary/aromatic N) is 3. The van der Waals surface area contributed by atoms with E-state index < -0.39 is 0 Å².